The third kappa shape index (κ3) is 4.40. The Bertz CT molecular complexity index is 179. The molecule has 1 aliphatic heterocycles. The van der Waals surface area contributed by atoms with Gasteiger partial charge < -0.3 is 10.1 Å². The highest BCUT2D eigenvalue weighted by atomic mass is 16.5. The molecule has 16 heavy (non-hydrogen) atoms. The highest BCUT2D eigenvalue weighted by Gasteiger charge is 2.23. The third-order valence-electron chi connectivity index (χ3n) is 3.58. The van der Waals surface area contributed by atoms with Crippen molar-refractivity contribution in [2.45, 2.75) is 58.2 Å². The monoisotopic (exact) mass is 228 g/mol. The van der Waals surface area contributed by atoms with Gasteiger partial charge in [-0.25, -0.2) is 0 Å². The van der Waals surface area contributed by atoms with Crippen LogP contribution in [0.5, 0.6) is 0 Å². The molecule has 1 N–H and O–H groups in total. The number of hydrogen-bond donors (Lipinski definition) is 1. The molecule has 0 aromatic carbocycles. The molecule has 0 aromatic heterocycles. The summed E-state index contributed by atoms with van der Waals surface area (Å²) in [6.07, 6.45) is 3.59. The Balaban J connectivity index is 2.37. The summed E-state index contributed by atoms with van der Waals surface area (Å²) in [4.78, 5) is 2.55. The summed E-state index contributed by atoms with van der Waals surface area (Å²) in [5.41, 5.74) is 0. The molecule has 0 amide bonds. The standard InChI is InChI=1S/C13H28N2O/c1-5-12(10-14-11(2)3)15(4)13-6-8-16-9-7-13/h11-14H,5-10H2,1-4H3. The second-order valence-corrected chi connectivity index (χ2v) is 5.13. The van der Waals surface area contributed by atoms with Crippen LogP contribution in [-0.4, -0.2) is 49.8 Å². The van der Waals surface area contributed by atoms with E-state index in [2.05, 4.69) is 38.0 Å². The summed E-state index contributed by atoms with van der Waals surface area (Å²) in [6.45, 7) is 9.67. The first kappa shape index (κ1) is 13.9. The summed E-state index contributed by atoms with van der Waals surface area (Å²) < 4.78 is 5.42. The van der Waals surface area contributed by atoms with E-state index in [9.17, 15) is 0 Å². The number of ether oxygens (including phenoxy) is 1. The van der Waals surface area contributed by atoms with Crippen LogP contribution >= 0.6 is 0 Å². The molecule has 0 bridgehead atoms. The molecule has 0 saturated carbocycles. The van der Waals surface area contributed by atoms with Crippen molar-refractivity contribution in [1.29, 1.82) is 0 Å². The van der Waals surface area contributed by atoms with Gasteiger partial charge in [-0.1, -0.05) is 20.8 Å². The molecular weight excluding hydrogens is 200 g/mol. The Morgan fingerprint density at radius 2 is 1.94 bits per heavy atom. The van der Waals surface area contributed by atoms with Crippen molar-refractivity contribution in [2.75, 3.05) is 26.8 Å². The SMILES string of the molecule is CCC(CNC(C)C)N(C)C1CCOCC1. The Hall–Kier alpha value is -0.120. The summed E-state index contributed by atoms with van der Waals surface area (Å²) in [5, 5.41) is 3.54. The smallest absolute Gasteiger partial charge is 0.0480 e. The predicted molar refractivity (Wildman–Crippen MR) is 68.8 cm³/mol. The van der Waals surface area contributed by atoms with E-state index in [4.69, 9.17) is 4.74 Å². The second kappa shape index (κ2) is 7.25. The molecule has 0 aliphatic carbocycles. The van der Waals surface area contributed by atoms with Gasteiger partial charge in [-0.2, -0.15) is 0 Å². The fraction of sp³-hybridized carbons (Fsp3) is 1.00. The molecule has 96 valence electrons. The van der Waals surface area contributed by atoms with E-state index in [1.54, 1.807) is 0 Å². The maximum atomic E-state index is 5.42. The van der Waals surface area contributed by atoms with Crippen LogP contribution in [0.15, 0.2) is 0 Å². The van der Waals surface area contributed by atoms with Crippen LogP contribution < -0.4 is 5.32 Å². The number of hydrogen-bond acceptors (Lipinski definition) is 3. The van der Waals surface area contributed by atoms with Crippen LogP contribution in [0.4, 0.5) is 0 Å². The molecule has 1 heterocycles. The van der Waals surface area contributed by atoms with Crippen LogP contribution in [0.3, 0.4) is 0 Å². The zero-order valence-electron chi connectivity index (χ0n) is 11.3. The van der Waals surface area contributed by atoms with Gasteiger partial charge in [0.1, 0.15) is 0 Å². The predicted octanol–water partition coefficient (Wildman–Crippen LogP) is 1.87. The fourth-order valence-electron chi connectivity index (χ4n) is 2.34. The number of likely N-dealkylation sites (N-methyl/N-ethyl adjacent to an activating group) is 1. The first-order chi connectivity index (χ1) is 7.65. The molecule has 1 saturated heterocycles. The molecular formula is C13H28N2O. The van der Waals surface area contributed by atoms with Crippen molar-refractivity contribution < 1.29 is 4.74 Å². The minimum atomic E-state index is 0.581. The van der Waals surface area contributed by atoms with Gasteiger partial charge in [0.15, 0.2) is 0 Å². The first-order valence-corrected chi connectivity index (χ1v) is 6.68. The molecule has 3 nitrogen and oxygen atoms in total. The normalized spacial score (nSPS) is 20.6. The van der Waals surface area contributed by atoms with E-state index >= 15 is 0 Å². The van der Waals surface area contributed by atoms with Crippen molar-refractivity contribution in [3.63, 3.8) is 0 Å². The quantitative estimate of drug-likeness (QED) is 0.751. The number of nitrogens with zero attached hydrogens (tertiary/aromatic N) is 1. The highest BCUT2D eigenvalue weighted by molar-refractivity contribution is 4.79. The molecule has 1 atom stereocenters. The van der Waals surface area contributed by atoms with E-state index < -0.39 is 0 Å². The second-order valence-electron chi connectivity index (χ2n) is 5.13. The Labute approximate surface area is 101 Å². The van der Waals surface area contributed by atoms with Crippen LogP contribution in [0.25, 0.3) is 0 Å². The third-order valence-corrected chi connectivity index (χ3v) is 3.58. The van der Waals surface area contributed by atoms with E-state index in [-0.39, 0.29) is 0 Å². The van der Waals surface area contributed by atoms with E-state index in [0.717, 1.165) is 19.8 Å². The lowest BCUT2D eigenvalue weighted by Gasteiger charge is -2.37. The van der Waals surface area contributed by atoms with Gasteiger partial charge in [0.2, 0.25) is 0 Å². The summed E-state index contributed by atoms with van der Waals surface area (Å²) in [7, 11) is 2.27. The van der Waals surface area contributed by atoms with Crippen molar-refractivity contribution >= 4 is 0 Å². The molecule has 0 spiro atoms. The number of rotatable bonds is 6. The van der Waals surface area contributed by atoms with Crippen LogP contribution in [0, 0.1) is 0 Å². The van der Waals surface area contributed by atoms with Crippen molar-refractivity contribution in [3.05, 3.63) is 0 Å². The maximum Gasteiger partial charge on any atom is 0.0480 e. The summed E-state index contributed by atoms with van der Waals surface area (Å²) in [6, 6.07) is 1.95. The maximum absolute atomic E-state index is 5.42. The lowest BCUT2D eigenvalue weighted by Crippen LogP contribution is -2.48. The molecule has 1 unspecified atom stereocenters. The van der Waals surface area contributed by atoms with Gasteiger partial charge >= 0.3 is 0 Å². The van der Waals surface area contributed by atoms with Gasteiger partial charge in [0.05, 0.1) is 0 Å². The van der Waals surface area contributed by atoms with Crippen molar-refractivity contribution in [1.82, 2.24) is 10.2 Å². The lowest BCUT2D eigenvalue weighted by molar-refractivity contribution is 0.0275. The minimum absolute atomic E-state index is 0.581. The van der Waals surface area contributed by atoms with Gasteiger partial charge in [0.25, 0.3) is 0 Å². The van der Waals surface area contributed by atoms with Crippen LogP contribution in [0.1, 0.15) is 40.0 Å². The zero-order valence-corrected chi connectivity index (χ0v) is 11.3. The van der Waals surface area contributed by atoms with Crippen molar-refractivity contribution in [3.8, 4) is 0 Å². The van der Waals surface area contributed by atoms with E-state index in [0.29, 0.717) is 18.1 Å². The van der Waals surface area contributed by atoms with Crippen molar-refractivity contribution in [2.24, 2.45) is 0 Å². The van der Waals surface area contributed by atoms with Gasteiger partial charge in [-0.05, 0) is 26.3 Å². The number of nitrogens with one attached hydrogen (secondary N) is 1. The minimum Gasteiger partial charge on any atom is -0.381 e. The Morgan fingerprint density at radius 1 is 1.31 bits per heavy atom. The Kier molecular flexibility index (Phi) is 6.32. The molecule has 3 heteroatoms. The fourth-order valence-corrected chi connectivity index (χ4v) is 2.34. The molecule has 0 radical (unpaired) electrons. The van der Waals surface area contributed by atoms with E-state index in [1.807, 2.05) is 0 Å². The first-order valence-electron chi connectivity index (χ1n) is 6.68. The molecule has 1 fully saturated rings. The van der Waals surface area contributed by atoms with Crippen LogP contribution in [-0.2, 0) is 4.74 Å². The topological polar surface area (TPSA) is 24.5 Å². The van der Waals surface area contributed by atoms with Gasteiger partial charge in [-0.3, -0.25) is 4.90 Å². The molecule has 1 aliphatic rings. The molecule has 0 aromatic rings. The van der Waals surface area contributed by atoms with Crippen LogP contribution in [0.2, 0.25) is 0 Å². The average Bonchev–Trinajstić information content (AvgIpc) is 2.30. The van der Waals surface area contributed by atoms with Gasteiger partial charge in [0, 0.05) is 37.9 Å². The largest absolute Gasteiger partial charge is 0.381 e. The zero-order chi connectivity index (χ0) is 12.0. The lowest BCUT2D eigenvalue weighted by atomic mass is 10.0. The summed E-state index contributed by atoms with van der Waals surface area (Å²) >= 11 is 0. The highest BCUT2D eigenvalue weighted by Crippen LogP contribution is 2.16. The van der Waals surface area contributed by atoms with Gasteiger partial charge in [-0.15, -0.1) is 0 Å². The average molecular weight is 228 g/mol. The summed E-state index contributed by atoms with van der Waals surface area (Å²) in [5.74, 6) is 0. The molecule has 1 rings (SSSR count). The Morgan fingerprint density at radius 3 is 2.44 bits per heavy atom. The van der Waals surface area contributed by atoms with E-state index in [1.165, 1.54) is 19.3 Å².